The van der Waals surface area contributed by atoms with Crippen molar-refractivity contribution in [2.75, 3.05) is 40.4 Å². The number of carbonyl (C=O) groups is 1. The minimum absolute atomic E-state index is 0.0707. The van der Waals surface area contributed by atoms with E-state index in [0.717, 1.165) is 5.56 Å². The van der Waals surface area contributed by atoms with Crippen LogP contribution in [0.2, 0.25) is 10.0 Å². The lowest BCUT2D eigenvalue weighted by Crippen LogP contribution is -2.48. The van der Waals surface area contributed by atoms with Gasteiger partial charge in [0.1, 0.15) is 33.6 Å². The zero-order valence-electron chi connectivity index (χ0n) is 23.3. The summed E-state index contributed by atoms with van der Waals surface area (Å²) < 4.78 is 10.9. The number of aliphatic hydroxyl groups excluding tert-OH is 1. The summed E-state index contributed by atoms with van der Waals surface area (Å²) in [5.41, 5.74) is 9.45. The molecule has 1 unspecified atom stereocenters. The van der Waals surface area contributed by atoms with Gasteiger partial charge in [0.25, 0.3) is 0 Å². The maximum absolute atomic E-state index is 14.3. The highest BCUT2D eigenvalue weighted by atomic mass is 35.5. The number of amides is 2. The van der Waals surface area contributed by atoms with Crippen molar-refractivity contribution < 1.29 is 19.4 Å². The molecule has 1 atom stereocenters. The first kappa shape index (κ1) is 29.8. The zero-order chi connectivity index (χ0) is 30.7. The van der Waals surface area contributed by atoms with Gasteiger partial charge in [0.2, 0.25) is 5.95 Å². The van der Waals surface area contributed by atoms with E-state index in [0.29, 0.717) is 39.9 Å². The summed E-state index contributed by atoms with van der Waals surface area (Å²) in [5, 5.41) is 16.4. The smallest absolute Gasteiger partial charge is 0.330 e. The number of carbonyl (C=O) groups excluding carboxylic acids is 1. The van der Waals surface area contributed by atoms with Crippen molar-refractivity contribution in [1.29, 1.82) is 0 Å². The molecule has 11 nitrogen and oxygen atoms in total. The van der Waals surface area contributed by atoms with Crippen LogP contribution in [0.1, 0.15) is 11.1 Å². The topological polar surface area (TPSA) is 138 Å². The molecule has 0 bridgehead atoms. The van der Waals surface area contributed by atoms with Gasteiger partial charge in [0, 0.05) is 23.5 Å². The predicted octanol–water partition coefficient (Wildman–Crippen LogP) is 6.19. The van der Waals surface area contributed by atoms with E-state index in [9.17, 15) is 9.90 Å². The van der Waals surface area contributed by atoms with E-state index in [4.69, 9.17) is 43.4 Å². The Bertz CT molecular complexity index is 1660. The number of methoxy groups -OCH3 is 2. The van der Waals surface area contributed by atoms with Crippen molar-refractivity contribution in [3.05, 3.63) is 94.6 Å². The van der Waals surface area contributed by atoms with E-state index in [-0.39, 0.29) is 34.8 Å². The average molecular weight is 623 g/mol. The van der Waals surface area contributed by atoms with E-state index >= 15 is 0 Å². The van der Waals surface area contributed by atoms with E-state index < -0.39 is 12.3 Å². The largest absolute Gasteiger partial charge is 0.495 e. The van der Waals surface area contributed by atoms with Crippen LogP contribution in [-0.4, -0.2) is 41.6 Å². The first-order chi connectivity index (χ1) is 20.7. The molecule has 3 aromatic carbocycles. The van der Waals surface area contributed by atoms with Gasteiger partial charge in [0.15, 0.2) is 0 Å². The lowest BCUT2D eigenvalue weighted by molar-refractivity contribution is 0.249. The zero-order valence-corrected chi connectivity index (χ0v) is 24.9. The van der Waals surface area contributed by atoms with Crippen molar-refractivity contribution >= 4 is 63.7 Å². The van der Waals surface area contributed by atoms with Crippen molar-refractivity contribution in [3.8, 4) is 11.5 Å². The molecule has 1 aromatic heterocycles. The molecule has 0 saturated carbocycles. The van der Waals surface area contributed by atoms with Crippen LogP contribution in [0, 0.1) is 0 Å². The number of anilines is 6. The van der Waals surface area contributed by atoms with Gasteiger partial charge in [-0.25, -0.2) is 9.78 Å². The number of nitrogens with two attached hydrogens (primary N) is 1. The minimum Gasteiger partial charge on any atom is -0.495 e. The number of halogens is 2. The summed E-state index contributed by atoms with van der Waals surface area (Å²) in [5.74, 6) is 1.21. The van der Waals surface area contributed by atoms with Crippen molar-refractivity contribution in [3.63, 3.8) is 0 Å². The molecule has 1 aliphatic rings. The van der Waals surface area contributed by atoms with Crippen LogP contribution in [0.4, 0.5) is 39.3 Å². The Morgan fingerprint density at radius 1 is 1.09 bits per heavy atom. The number of fused-ring (bicyclic) bond motifs is 1. The highest BCUT2D eigenvalue weighted by molar-refractivity contribution is 6.42. The molecule has 4 aromatic rings. The Morgan fingerprint density at radius 2 is 1.79 bits per heavy atom. The lowest BCUT2D eigenvalue weighted by atomic mass is 10.1. The second-order valence-electron chi connectivity index (χ2n) is 9.50. The number of ether oxygens (including phenoxy) is 2. The Morgan fingerprint density at radius 3 is 2.44 bits per heavy atom. The number of urea groups is 1. The maximum atomic E-state index is 14.3. The molecule has 13 heteroatoms. The first-order valence-electron chi connectivity index (χ1n) is 13.1. The molecule has 0 saturated heterocycles. The molecule has 222 valence electrons. The second kappa shape index (κ2) is 12.7. The van der Waals surface area contributed by atoms with Crippen molar-refractivity contribution in [1.82, 2.24) is 9.97 Å². The van der Waals surface area contributed by atoms with Crippen LogP contribution >= 0.6 is 23.2 Å². The fourth-order valence-corrected chi connectivity index (χ4v) is 5.34. The van der Waals surface area contributed by atoms with Gasteiger partial charge in [-0.1, -0.05) is 54.0 Å². The highest BCUT2D eigenvalue weighted by Gasteiger charge is 2.37. The molecule has 0 spiro atoms. The normalized spacial score (nSPS) is 13.3. The number of para-hydroxylation sites is 2. The van der Waals surface area contributed by atoms with Crippen LogP contribution in [-0.2, 0) is 13.1 Å². The Hall–Kier alpha value is -4.71. The number of hydrogen-bond acceptors (Lipinski definition) is 9. The van der Waals surface area contributed by atoms with Crippen LogP contribution in [0.5, 0.6) is 11.5 Å². The van der Waals surface area contributed by atoms with Gasteiger partial charge in [-0.3, -0.25) is 9.80 Å². The first-order valence-corrected chi connectivity index (χ1v) is 13.8. The summed E-state index contributed by atoms with van der Waals surface area (Å²) in [6, 6.07) is 15.6. The van der Waals surface area contributed by atoms with E-state index in [2.05, 4.69) is 22.2 Å². The SMILES string of the molecule is C=CC(O)Nc1ccccc1Nc1ncc2c(n1)N(Cc1cccc(N)c1)C(=O)N(c1c(Cl)c(OC)cc(OC)c1Cl)C2. The molecular weight excluding hydrogens is 593 g/mol. The number of aromatic nitrogens is 2. The second-order valence-corrected chi connectivity index (χ2v) is 10.3. The molecule has 5 rings (SSSR count). The third kappa shape index (κ3) is 6.09. The molecular formula is C30H29Cl2N7O4. The maximum Gasteiger partial charge on any atom is 0.330 e. The number of aliphatic hydroxyl groups is 1. The van der Waals surface area contributed by atoms with Gasteiger partial charge in [-0.15, -0.1) is 0 Å². The van der Waals surface area contributed by atoms with E-state index in [1.807, 2.05) is 24.3 Å². The summed E-state index contributed by atoms with van der Waals surface area (Å²) >= 11 is 13.4. The third-order valence-electron chi connectivity index (χ3n) is 6.70. The number of nitrogen functional groups attached to an aromatic ring is 1. The van der Waals surface area contributed by atoms with Gasteiger partial charge in [-0.05, 0) is 35.9 Å². The minimum atomic E-state index is -0.960. The summed E-state index contributed by atoms with van der Waals surface area (Å²) in [7, 11) is 2.93. The predicted molar refractivity (Wildman–Crippen MR) is 170 cm³/mol. The third-order valence-corrected chi connectivity index (χ3v) is 7.43. The van der Waals surface area contributed by atoms with Crippen LogP contribution in [0.25, 0.3) is 0 Å². The van der Waals surface area contributed by atoms with E-state index in [1.54, 1.807) is 36.5 Å². The van der Waals surface area contributed by atoms with Gasteiger partial charge >= 0.3 is 6.03 Å². The Balaban J connectivity index is 1.59. The Labute approximate surface area is 258 Å². The fourth-order valence-electron chi connectivity index (χ4n) is 4.64. The average Bonchev–Trinajstić information content (AvgIpc) is 3.00. The molecule has 0 fully saturated rings. The Kier molecular flexibility index (Phi) is 8.76. The number of nitrogens with one attached hydrogen (secondary N) is 2. The van der Waals surface area contributed by atoms with Gasteiger partial charge in [-0.2, -0.15) is 4.98 Å². The summed E-state index contributed by atoms with van der Waals surface area (Å²) in [6.07, 6.45) is 2.04. The quantitative estimate of drug-likeness (QED) is 0.0927. The number of benzene rings is 3. The monoisotopic (exact) mass is 621 g/mol. The number of nitrogens with zero attached hydrogens (tertiary/aromatic N) is 4. The highest BCUT2D eigenvalue weighted by Crippen LogP contribution is 2.48. The molecule has 2 heterocycles. The van der Waals surface area contributed by atoms with Crippen molar-refractivity contribution in [2.45, 2.75) is 19.3 Å². The van der Waals surface area contributed by atoms with Crippen molar-refractivity contribution in [2.24, 2.45) is 0 Å². The van der Waals surface area contributed by atoms with Crippen LogP contribution < -0.4 is 35.6 Å². The summed E-state index contributed by atoms with van der Waals surface area (Å²) in [4.78, 5) is 26.5. The lowest BCUT2D eigenvalue weighted by Gasteiger charge is -2.37. The van der Waals surface area contributed by atoms with Crippen LogP contribution in [0.15, 0.2) is 73.4 Å². The summed E-state index contributed by atoms with van der Waals surface area (Å²) in [6.45, 7) is 3.81. The van der Waals surface area contributed by atoms with Crippen LogP contribution in [0.3, 0.4) is 0 Å². The molecule has 5 N–H and O–H groups in total. The fraction of sp³-hybridized carbons (Fsp3) is 0.167. The molecule has 0 aliphatic carbocycles. The number of rotatable bonds is 10. The molecule has 0 radical (unpaired) electrons. The number of hydrogen-bond donors (Lipinski definition) is 4. The standard InChI is InChI=1S/C30H29Cl2N7O4/c1-4-24(40)35-20-10-5-6-11-21(20)36-29-34-14-18-16-38(27-25(31)22(42-2)13-23(43-3)26(27)32)30(41)39(28(18)37-29)15-17-8-7-9-19(33)12-17/h4-14,24,35,40H,1,15-16,33H2,2-3H3,(H,34,36,37). The molecule has 2 amide bonds. The van der Waals surface area contributed by atoms with Gasteiger partial charge < -0.3 is 30.9 Å². The van der Waals surface area contributed by atoms with E-state index in [1.165, 1.54) is 30.1 Å². The van der Waals surface area contributed by atoms with Gasteiger partial charge in [0.05, 0.1) is 44.4 Å². The molecule has 1 aliphatic heterocycles. The molecule has 43 heavy (non-hydrogen) atoms.